The lowest BCUT2D eigenvalue weighted by Crippen LogP contribution is -1.92. The van der Waals surface area contributed by atoms with Gasteiger partial charge < -0.3 is 4.42 Å². The van der Waals surface area contributed by atoms with Gasteiger partial charge in [0.25, 0.3) is 0 Å². The predicted octanol–water partition coefficient (Wildman–Crippen LogP) is 6.23. The minimum Gasteiger partial charge on any atom is -0.436 e. The molecule has 0 bridgehead atoms. The van der Waals surface area contributed by atoms with E-state index in [0.29, 0.717) is 5.89 Å². The second-order valence-electron chi connectivity index (χ2n) is 5.96. The van der Waals surface area contributed by atoms with Crippen LogP contribution in [0.15, 0.2) is 77.2 Å². The number of hydrogen-bond donors (Lipinski definition) is 0. The Kier molecular flexibility index (Phi) is 4.17. The number of oxazole rings is 1. The molecule has 0 saturated heterocycles. The molecule has 4 rings (SSSR count). The number of rotatable bonds is 4. The fourth-order valence-electron chi connectivity index (χ4n) is 3.09. The van der Waals surface area contributed by atoms with Gasteiger partial charge in [-0.25, -0.2) is 4.98 Å². The van der Waals surface area contributed by atoms with Crippen LogP contribution in [0.25, 0.3) is 34.7 Å². The van der Waals surface area contributed by atoms with Crippen molar-refractivity contribution in [3.8, 4) is 11.5 Å². The van der Waals surface area contributed by atoms with Gasteiger partial charge in [0.05, 0.1) is 0 Å². The average Bonchev–Trinajstić information content (AvgIpc) is 3.11. The topological polar surface area (TPSA) is 26.0 Å². The lowest BCUT2D eigenvalue weighted by atomic mass is 9.97. The molecule has 0 aliphatic rings. The van der Waals surface area contributed by atoms with Crippen molar-refractivity contribution < 1.29 is 4.42 Å². The molecule has 0 radical (unpaired) electrons. The third kappa shape index (κ3) is 3.11. The van der Waals surface area contributed by atoms with E-state index < -0.39 is 0 Å². The highest BCUT2D eigenvalue weighted by molar-refractivity contribution is 5.79. The fraction of sp³-hybridized carbons (Fsp3) is 0.0870. The van der Waals surface area contributed by atoms with Gasteiger partial charge in [-0.1, -0.05) is 73.7 Å². The first-order chi connectivity index (χ1) is 12.3. The maximum Gasteiger partial charge on any atom is 0.227 e. The summed E-state index contributed by atoms with van der Waals surface area (Å²) in [7, 11) is 0. The summed E-state index contributed by atoms with van der Waals surface area (Å²) >= 11 is 0. The normalized spacial score (nSPS) is 11.4. The minimum absolute atomic E-state index is 0.688. The molecule has 0 atom stereocenters. The predicted molar refractivity (Wildman–Crippen MR) is 104 cm³/mol. The zero-order valence-electron chi connectivity index (χ0n) is 14.1. The van der Waals surface area contributed by atoms with Crippen molar-refractivity contribution in [1.29, 1.82) is 0 Å². The van der Waals surface area contributed by atoms with Crippen molar-refractivity contribution in [1.82, 2.24) is 4.98 Å². The zero-order chi connectivity index (χ0) is 17.1. The molecule has 0 fully saturated rings. The summed E-state index contributed by atoms with van der Waals surface area (Å²) in [6.07, 6.45) is 5.23. The minimum atomic E-state index is 0.688. The molecule has 0 aliphatic heterocycles. The van der Waals surface area contributed by atoms with Crippen LogP contribution in [0.1, 0.15) is 23.6 Å². The highest BCUT2D eigenvalue weighted by atomic mass is 16.3. The Bertz CT molecular complexity index is 995. The van der Waals surface area contributed by atoms with Crippen molar-refractivity contribution >= 4 is 23.3 Å². The van der Waals surface area contributed by atoms with Gasteiger partial charge in [0.1, 0.15) is 5.52 Å². The van der Waals surface area contributed by atoms with Crippen LogP contribution in [0.3, 0.4) is 0 Å². The number of hydrogen-bond acceptors (Lipinski definition) is 2. The lowest BCUT2D eigenvalue weighted by molar-refractivity contribution is 0.619. The molecule has 122 valence electrons. The molecule has 0 saturated carbocycles. The zero-order valence-corrected chi connectivity index (χ0v) is 14.1. The summed E-state index contributed by atoms with van der Waals surface area (Å²) < 4.78 is 5.98. The van der Waals surface area contributed by atoms with E-state index >= 15 is 0 Å². The van der Waals surface area contributed by atoms with Crippen molar-refractivity contribution in [2.75, 3.05) is 0 Å². The second kappa shape index (κ2) is 6.78. The molecular weight excluding hydrogens is 306 g/mol. The van der Waals surface area contributed by atoms with Gasteiger partial charge in [-0.2, -0.15) is 0 Å². The van der Waals surface area contributed by atoms with Gasteiger partial charge in [-0.05, 0) is 41.3 Å². The molecule has 4 aromatic rings. The SMILES string of the molecule is CCc1c(C=Cc2ccccc2)cccc1-c1nc2ccccc2o1. The lowest BCUT2D eigenvalue weighted by Gasteiger charge is -2.08. The number of fused-ring (bicyclic) bond motifs is 1. The van der Waals surface area contributed by atoms with E-state index in [1.165, 1.54) is 16.7 Å². The van der Waals surface area contributed by atoms with Crippen LogP contribution in [0.5, 0.6) is 0 Å². The Morgan fingerprint density at radius 3 is 2.44 bits per heavy atom. The van der Waals surface area contributed by atoms with E-state index in [0.717, 1.165) is 23.1 Å². The molecule has 0 N–H and O–H groups in total. The Morgan fingerprint density at radius 1 is 0.840 bits per heavy atom. The molecule has 0 aliphatic carbocycles. The monoisotopic (exact) mass is 325 g/mol. The number of para-hydroxylation sites is 2. The molecule has 2 nitrogen and oxygen atoms in total. The number of aromatic nitrogens is 1. The number of benzene rings is 3. The average molecular weight is 325 g/mol. The Labute approximate surface area is 147 Å². The molecule has 25 heavy (non-hydrogen) atoms. The standard InChI is InChI=1S/C23H19NO/c1-2-19-18(16-15-17-9-4-3-5-10-17)11-8-12-20(19)23-24-21-13-6-7-14-22(21)25-23/h3-16H,2H2,1H3. The van der Waals surface area contributed by atoms with E-state index in [1.807, 2.05) is 30.3 Å². The highest BCUT2D eigenvalue weighted by Crippen LogP contribution is 2.30. The van der Waals surface area contributed by atoms with Crippen LogP contribution in [-0.4, -0.2) is 4.98 Å². The van der Waals surface area contributed by atoms with Crippen molar-refractivity contribution in [3.05, 3.63) is 89.5 Å². The molecule has 1 aromatic heterocycles. The van der Waals surface area contributed by atoms with Crippen LogP contribution in [0.4, 0.5) is 0 Å². The van der Waals surface area contributed by atoms with Crippen LogP contribution >= 0.6 is 0 Å². The van der Waals surface area contributed by atoms with Crippen LogP contribution in [-0.2, 0) is 6.42 Å². The van der Waals surface area contributed by atoms with Crippen molar-refractivity contribution in [2.45, 2.75) is 13.3 Å². The van der Waals surface area contributed by atoms with Crippen molar-refractivity contribution in [3.63, 3.8) is 0 Å². The van der Waals surface area contributed by atoms with Gasteiger partial charge in [-0.15, -0.1) is 0 Å². The maximum atomic E-state index is 5.98. The summed E-state index contributed by atoms with van der Waals surface area (Å²) in [4.78, 5) is 4.66. The molecule has 1 heterocycles. The van der Waals surface area contributed by atoms with E-state index in [4.69, 9.17) is 4.42 Å². The summed E-state index contributed by atoms with van der Waals surface area (Å²) in [6, 6.07) is 24.5. The summed E-state index contributed by atoms with van der Waals surface area (Å²) in [6.45, 7) is 2.17. The third-order valence-corrected chi connectivity index (χ3v) is 4.35. The molecule has 0 spiro atoms. The highest BCUT2D eigenvalue weighted by Gasteiger charge is 2.13. The van der Waals surface area contributed by atoms with E-state index in [1.54, 1.807) is 0 Å². The second-order valence-corrected chi connectivity index (χ2v) is 5.96. The van der Waals surface area contributed by atoms with Gasteiger partial charge in [0, 0.05) is 5.56 Å². The molecule has 3 aromatic carbocycles. The maximum absolute atomic E-state index is 5.98. The first-order valence-electron chi connectivity index (χ1n) is 8.56. The first kappa shape index (κ1) is 15.4. The van der Waals surface area contributed by atoms with Gasteiger partial charge >= 0.3 is 0 Å². The smallest absolute Gasteiger partial charge is 0.227 e. The van der Waals surface area contributed by atoms with Crippen LogP contribution in [0, 0.1) is 0 Å². The molecular formula is C23H19NO. The van der Waals surface area contributed by atoms with E-state index in [-0.39, 0.29) is 0 Å². The molecule has 2 heteroatoms. The molecule has 0 unspecified atom stereocenters. The quantitative estimate of drug-likeness (QED) is 0.416. The van der Waals surface area contributed by atoms with Gasteiger partial charge in [0.15, 0.2) is 5.58 Å². The molecule has 0 amide bonds. The van der Waals surface area contributed by atoms with Crippen LogP contribution < -0.4 is 0 Å². The first-order valence-corrected chi connectivity index (χ1v) is 8.56. The summed E-state index contributed by atoms with van der Waals surface area (Å²) in [5, 5.41) is 0. The third-order valence-electron chi connectivity index (χ3n) is 4.35. The Balaban J connectivity index is 1.77. The summed E-state index contributed by atoms with van der Waals surface area (Å²) in [5.41, 5.74) is 6.42. The van der Waals surface area contributed by atoms with Crippen molar-refractivity contribution in [2.24, 2.45) is 0 Å². The van der Waals surface area contributed by atoms with Gasteiger partial charge in [0.2, 0.25) is 5.89 Å². The number of nitrogens with zero attached hydrogens (tertiary/aromatic N) is 1. The Morgan fingerprint density at radius 2 is 1.64 bits per heavy atom. The van der Waals surface area contributed by atoms with Crippen LogP contribution in [0.2, 0.25) is 0 Å². The fourth-order valence-corrected chi connectivity index (χ4v) is 3.09. The Hall–Kier alpha value is -3.13. The van der Waals surface area contributed by atoms with Gasteiger partial charge in [-0.3, -0.25) is 0 Å². The van der Waals surface area contributed by atoms with E-state index in [9.17, 15) is 0 Å². The largest absolute Gasteiger partial charge is 0.436 e. The summed E-state index contributed by atoms with van der Waals surface area (Å²) in [5.74, 6) is 0.688. The van der Waals surface area contributed by atoms with E-state index in [2.05, 4.69) is 66.5 Å².